The molecule has 3 nitrogen and oxygen atoms in total. The molecular formula is C9H5BrFNO2. The molecule has 5 heteroatoms. The largest absolute Gasteiger partial charge is 0.431 e. The van der Waals surface area contributed by atoms with E-state index in [0.717, 1.165) is 0 Å². The SMILES string of the molecule is O=C(CBr)c1nc2cccc(F)c2o1. The fourth-order valence-electron chi connectivity index (χ4n) is 1.09. The lowest BCUT2D eigenvalue weighted by Crippen LogP contribution is -1.99. The first-order chi connectivity index (χ1) is 6.72. The molecule has 1 heterocycles. The first-order valence-electron chi connectivity index (χ1n) is 3.86. The van der Waals surface area contributed by atoms with E-state index in [-0.39, 0.29) is 22.6 Å². The van der Waals surface area contributed by atoms with Crippen LogP contribution >= 0.6 is 15.9 Å². The van der Waals surface area contributed by atoms with Crippen molar-refractivity contribution < 1.29 is 13.6 Å². The molecule has 0 aliphatic rings. The predicted octanol–water partition coefficient (Wildman–Crippen LogP) is 2.54. The first-order valence-corrected chi connectivity index (χ1v) is 4.98. The number of nitrogens with zero attached hydrogens (tertiary/aromatic N) is 1. The van der Waals surface area contributed by atoms with Crippen LogP contribution in [0.1, 0.15) is 10.7 Å². The molecule has 0 amide bonds. The van der Waals surface area contributed by atoms with E-state index in [1.54, 1.807) is 6.07 Å². The molecule has 1 aromatic carbocycles. The van der Waals surface area contributed by atoms with Crippen molar-refractivity contribution in [2.75, 3.05) is 5.33 Å². The number of hydrogen-bond acceptors (Lipinski definition) is 3. The van der Waals surface area contributed by atoms with Gasteiger partial charge in [-0.25, -0.2) is 9.37 Å². The molecule has 0 radical (unpaired) electrons. The van der Waals surface area contributed by atoms with Gasteiger partial charge in [0, 0.05) is 0 Å². The van der Waals surface area contributed by atoms with E-state index in [1.807, 2.05) is 0 Å². The predicted molar refractivity (Wildman–Crippen MR) is 52.1 cm³/mol. The highest BCUT2D eigenvalue weighted by molar-refractivity contribution is 9.09. The lowest BCUT2D eigenvalue weighted by molar-refractivity contribution is 0.0989. The quantitative estimate of drug-likeness (QED) is 0.614. The third-order valence-electron chi connectivity index (χ3n) is 1.73. The summed E-state index contributed by atoms with van der Waals surface area (Å²) in [7, 11) is 0. The fraction of sp³-hybridized carbons (Fsp3) is 0.111. The van der Waals surface area contributed by atoms with Crippen LogP contribution in [0.4, 0.5) is 4.39 Å². The minimum atomic E-state index is -0.511. The van der Waals surface area contributed by atoms with Crippen molar-refractivity contribution in [3.8, 4) is 0 Å². The number of hydrogen-bond donors (Lipinski definition) is 0. The van der Waals surface area contributed by atoms with Gasteiger partial charge in [-0.1, -0.05) is 22.0 Å². The van der Waals surface area contributed by atoms with Crippen LogP contribution in [0.5, 0.6) is 0 Å². The van der Waals surface area contributed by atoms with E-state index >= 15 is 0 Å². The molecule has 2 aromatic rings. The van der Waals surface area contributed by atoms with E-state index in [9.17, 15) is 9.18 Å². The second kappa shape index (κ2) is 3.49. The number of carbonyl (C=O) groups is 1. The van der Waals surface area contributed by atoms with Gasteiger partial charge >= 0.3 is 0 Å². The highest BCUT2D eigenvalue weighted by Crippen LogP contribution is 2.18. The second-order valence-electron chi connectivity index (χ2n) is 2.66. The Labute approximate surface area is 87.1 Å². The molecule has 0 aliphatic carbocycles. The third kappa shape index (κ3) is 1.43. The molecule has 0 saturated carbocycles. The summed E-state index contributed by atoms with van der Waals surface area (Å²) in [5.74, 6) is -0.883. The van der Waals surface area contributed by atoms with Crippen LogP contribution in [-0.4, -0.2) is 16.1 Å². The lowest BCUT2D eigenvalue weighted by atomic mass is 10.3. The Morgan fingerprint density at radius 1 is 1.57 bits per heavy atom. The fourth-order valence-corrected chi connectivity index (χ4v) is 1.33. The summed E-state index contributed by atoms with van der Waals surface area (Å²) in [4.78, 5) is 15.0. The summed E-state index contributed by atoms with van der Waals surface area (Å²) in [6.45, 7) is 0. The molecule has 0 N–H and O–H groups in total. The Balaban J connectivity index is 2.62. The Morgan fingerprint density at radius 2 is 2.36 bits per heavy atom. The molecule has 0 saturated heterocycles. The molecule has 0 fully saturated rings. The van der Waals surface area contributed by atoms with Gasteiger partial charge in [0.25, 0.3) is 5.89 Å². The van der Waals surface area contributed by atoms with Crippen molar-refractivity contribution in [3.63, 3.8) is 0 Å². The number of aromatic nitrogens is 1. The summed E-state index contributed by atoms with van der Waals surface area (Å²) in [5, 5.41) is 0.113. The summed E-state index contributed by atoms with van der Waals surface area (Å²) in [6, 6.07) is 4.37. The minimum absolute atomic E-state index is 0.0248. The van der Waals surface area contributed by atoms with E-state index in [0.29, 0.717) is 5.52 Å². The zero-order chi connectivity index (χ0) is 10.1. The minimum Gasteiger partial charge on any atom is -0.431 e. The number of carbonyl (C=O) groups excluding carboxylic acids is 1. The molecule has 72 valence electrons. The second-order valence-corrected chi connectivity index (χ2v) is 3.22. The van der Waals surface area contributed by atoms with Gasteiger partial charge in [-0.3, -0.25) is 4.79 Å². The molecule has 0 atom stereocenters. The maximum absolute atomic E-state index is 13.1. The van der Waals surface area contributed by atoms with Gasteiger partial charge in [0.15, 0.2) is 11.4 Å². The molecule has 2 rings (SSSR count). The zero-order valence-corrected chi connectivity index (χ0v) is 8.54. The number of benzene rings is 1. The van der Waals surface area contributed by atoms with Gasteiger partial charge in [0.1, 0.15) is 5.52 Å². The van der Waals surface area contributed by atoms with Crippen molar-refractivity contribution in [1.82, 2.24) is 4.98 Å². The van der Waals surface area contributed by atoms with Crippen LogP contribution in [0, 0.1) is 5.82 Å². The van der Waals surface area contributed by atoms with Crippen molar-refractivity contribution in [3.05, 3.63) is 29.9 Å². The van der Waals surface area contributed by atoms with E-state index in [4.69, 9.17) is 4.42 Å². The van der Waals surface area contributed by atoms with Gasteiger partial charge in [-0.05, 0) is 12.1 Å². The summed E-state index contributed by atoms with van der Waals surface area (Å²) >= 11 is 2.98. The summed E-state index contributed by atoms with van der Waals surface area (Å²) in [6.07, 6.45) is 0. The molecule has 1 aromatic heterocycles. The van der Waals surface area contributed by atoms with Crippen molar-refractivity contribution in [2.45, 2.75) is 0 Å². The number of ketones is 1. The zero-order valence-electron chi connectivity index (χ0n) is 6.96. The summed E-state index contributed by atoms with van der Waals surface area (Å²) in [5.41, 5.74) is 0.381. The Hall–Kier alpha value is -1.23. The number of oxazole rings is 1. The van der Waals surface area contributed by atoms with Crippen molar-refractivity contribution in [2.24, 2.45) is 0 Å². The number of fused-ring (bicyclic) bond motifs is 1. The molecular weight excluding hydrogens is 253 g/mol. The van der Waals surface area contributed by atoms with Crippen LogP contribution in [0.2, 0.25) is 0 Å². The van der Waals surface area contributed by atoms with E-state index in [1.165, 1.54) is 12.1 Å². The molecule has 14 heavy (non-hydrogen) atoms. The molecule has 0 unspecified atom stereocenters. The van der Waals surface area contributed by atoms with Crippen LogP contribution < -0.4 is 0 Å². The topological polar surface area (TPSA) is 43.1 Å². The monoisotopic (exact) mass is 257 g/mol. The average Bonchev–Trinajstić information content (AvgIpc) is 2.62. The Morgan fingerprint density at radius 3 is 3.00 bits per heavy atom. The van der Waals surface area contributed by atoms with Crippen molar-refractivity contribution >= 4 is 32.8 Å². The van der Waals surface area contributed by atoms with Gasteiger partial charge in [0.2, 0.25) is 5.78 Å². The average molecular weight is 258 g/mol. The van der Waals surface area contributed by atoms with E-state index in [2.05, 4.69) is 20.9 Å². The van der Waals surface area contributed by atoms with Gasteiger partial charge in [-0.15, -0.1) is 0 Å². The van der Waals surface area contributed by atoms with Gasteiger partial charge in [-0.2, -0.15) is 0 Å². The highest BCUT2D eigenvalue weighted by atomic mass is 79.9. The van der Waals surface area contributed by atoms with E-state index < -0.39 is 5.82 Å². The lowest BCUT2D eigenvalue weighted by Gasteiger charge is -1.86. The molecule has 0 aliphatic heterocycles. The molecule has 0 bridgehead atoms. The first kappa shape index (κ1) is 9.33. The summed E-state index contributed by atoms with van der Waals surface area (Å²) < 4.78 is 18.1. The van der Waals surface area contributed by atoms with Crippen LogP contribution in [0.3, 0.4) is 0 Å². The normalized spacial score (nSPS) is 10.7. The van der Waals surface area contributed by atoms with Gasteiger partial charge < -0.3 is 4.42 Å². The number of para-hydroxylation sites is 1. The van der Waals surface area contributed by atoms with Crippen LogP contribution in [-0.2, 0) is 0 Å². The highest BCUT2D eigenvalue weighted by Gasteiger charge is 2.14. The number of alkyl halides is 1. The molecule has 0 spiro atoms. The number of rotatable bonds is 2. The van der Waals surface area contributed by atoms with Crippen molar-refractivity contribution in [1.29, 1.82) is 0 Å². The number of halogens is 2. The van der Waals surface area contributed by atoms with Gasteiger partial charge in [0.05, 0.1) is 5.33 Å². The Kier molecular flexibility index (Phi) is 2.33. The number of Topliss-reactive ketones (excluding diaryl/α,β-unsaturated/α-hetero) is 1. The maximum atomic E-state index is 13.1. The van der Waals surface area contributed by atoms with Crippen LogP contribution in [0.25, 0.3) is 11.1 Å². The maximum Gasteiger partial charge on any atom is 0.265 e. The third-order valence-corrected chi connectivity index (χ3v) is 2.24. The Bertz CT molecular complexity index is 495. The standard InChI is InChI=1S/C9H5BrFNO2/c10-4-7(13)9-12-6-3-1-2-5(11)8(6)14-9/h1-3H,4H2. The smallest absolute Gasteiger partial charge is 0.265 e. The van der Waals surface area contributed by atoms with Crippen LogP contribution in [0.15, 0.2) is 22.6 Å².